The molecule has 2 rings (SSSR count). The molecule has 0 aliphatic heterocycles. The molecule has 0 aromatic heterocycles. The third-order valence-corrected chi connectivity index (χ3v) is 7.06. The van der Waals surface area contributed by atoms with Crippen LogP contribution in [-0.2, 0) is 0 Å². The molecule has 0 unspecified atom stereocenters. The lowest BCUT2D eigenvalue weighted by atomic mass is 10.3. The minimum absolute atomic E-state index is 1.21. The van der Waals surface area contributed by atoms with Gasteiger partial charge in [-0.2, -0.15) is 0 Å². The standard InChI is InChI=1S/C17H26N2Si2/c1-20(2,3)19-16-13-9-10-14-17(16)21(4,5)18-15-11-7-6-8-12-15/h6-14,18-19H,1-5H3. The Morgan fingerprint density at radius 2 is 1.24 bits per heavy atom. The van der Waals surface area contributed by atoms with Crippen molar-refractivity contribution in [2.45, 2.75) is 32.7 Å². The van der Waals surface area contributed by atoms with Gasteiger partial charge in [-0.25, -0.2) is 0 Å². The van der Waals surface area contributed by atoms with E-state index in [4.69, 9.17) is 0 Å². The van der Waals surface area contributed by atoms with Crippen molar-refractivity contribution in [1.29, 1.82) is 0 Å². The average molecular weight is 315 g/mol. The molecule has 2 aromatic carbocycles. The lowest BCUT2D eigenvalue weighted by Crippen LogP contribution is -2.51. The molecule has 0 saturated heterocycles. The summed E-state index contributed by atoms with van der Waals surface area (Å²) < 4.78 is 0. The van der Waals surface area contributed by atoms with E-state index in [1.807, 2.05) is 0 Å². The van der Waals surface area contributed by atoms with Crippen LogP contribution in [0.3, 0.4) is 0 Å². The zero-order chi connectivity index (χ0) is 15.5. The maximum atomic E-state index is 3.78. The lowest BCUT2D eigenvalue weighted by molar-refractivity contribution is 1.55. The van der Waals surface area contributed by atoms with Gasteiger partial charge in [0.1, 0.15) is 8.24 Å². The Bertz CT molecular complexity index is 589. The van der Waals surface area contributed by atoms with Gasteiger partial charge in [0, 0.05) is 11.4 Å². The van der Waals surface area contributed by atoms with Crippen LogP contribution in [-0.4, -0.2) is 16.5 Å². The van der Waals surface area contributed by atoms with Crippen LogP contribution in [0.25, 0.3) is 0 Å². The van der Waals surface area contributed by atoms with E-state index in [0.29, 0.717) is 0 Å². The Balaban J connectivity index is 2.31. The third-order valence-electron chi connectivity index (χ3n) is 3.34. The molecule has 21 heavy (non-hydrogen) atoms. The number of rotatable bonds is 5. The fourth-order valence-corrected chi connectivity index (χ4v) is 6.00. The van der Waals surface area contributed by atoms with Gasteiger partial charge in [-0.15, -0.1) is 0 Å². The summed E-state index contributed by atoms with van der Waals surface area (Å²) in [6.45, 7) is 11.7. The fourth-order valence-electron chi connectivity index (χ4n) is 2.49. The Kier molecular flexibility index (Phi) is 4.59. The Morgan fingerprint density at radius 3 is 1.86 bits per heavy atom. The zero-order valence-electron chi connectivity index (χ0n) is 13.7. The minimum atomic E-state index is -1.75. The largest absolute Gasteiger partial charge is 0.411 e. The Morgan fingerprint density at radius 1 is 0.667 bits per heavy atom. The van der Waals surface area contributed by atoms with Crippen LogP contribution in [0.1, 0.15) is 0 Å². The highest BCUT2D eigenvalue weighted by molar-refractivity contribution is 6.93. The van der Waals surface area contributed by atoms with Gasteiger partial charge in [-0.05, 0) is 36.5 Å². The van der Waals surface area contributed by atoms with E-state index in [2.05, 4.69) is 97.3 Å². The van der Waals surface area contributed by atoms with Crippen LogP contribution < -0.4 is 15.2 Å². The summed E-state index contributed by atoms with van der Waals surface area (Å²) in [7, 11) is -3.11. The Labute approximate surface area is 130 Å². The lowest BCUT2D eigenvalue weighted by Gasteiger charge is -2.30. The number of hydrogen-bond acceptors (Lipinski definition) is 2. The second-order valence-corrected chi connectivity index (χ2v) is 15.8. The van der Waals surface area contributed by atoms with Crippen LogP contribution in [0.15, 0.2) is 54.6 Å². The third kappa shape index (κ3) is 4.47. The summed E-state index contributed by atoms with van der Waals surface area (Å²) in [5.74, 6) is 0. The summed E-state index contributed by atoms with van der Waals surface area (Å²) in [5, 5.41) is 1.44. The molecule has 0 aliphatic carbocycles. The average Bonchev–Trinajstić information content (AvgIpc) is 2.38. The van der Waals surface area contributed by atoms with Gasteiger partial charge in [0.15, 0.2) is 8.24 Å². The molecule has 0 aliphatic rings. The van der Waals surface area contributed by atoms with Crippen LogP contribution in [0.4, 0.5) is 11.4 Å². The monoisotopic (exact) mass is 314 g/mol. The highest BCUT2D eigenvalue weighted by Crippen LogP contribution is 2.18. The first kappa shape index (κ1) is 15.9. The zero-order valence-corrected chi connectivity index (χ0v) is 15.7. The first-order valence-electron chi connectivity index (χ1n) is 7.49. The quantitative estimate of drug-likeness (QED) is 0.796. The van der Waals surface area contributed by atoms with Crippen LogP contribution >= 0.6 is 0 Å². The molecule has 0 radical (unpaired) electrons. The van der Waals surface area contributed by atoms with Crippen molar-refractivity contribution in [2.24, 2.45) is 0 Å². The van der Waals surface area contributed by atoms with Gasteiger partial charge in [-0.3, -0.25) is 0 Å². The number of para-hydroxylation sites is 2. The van der Waals surface area contributed by atoms with Gasteiger partial charge in [0.25, 0.3) is 0 Å². The SMILES string of the molecule is C[Si](C)(C)Nc1ccccc1[Si](C)(C)Nc1ccccc1. The summed E-state index contributed by atoms with van der Waals surface area (Å²) in [6, 6.07) is 19.3. The second kappa shape index (κ2) is 6.07. The maximum Gasteiger partial charge on any atom is 0.181 e. The van der Waals surface area contributed by atoms with E-state index in [1.165, 1.54) is 16.6 Å². The van der Waals surface area contributed by atoms with Gasteiger partial charge >= 0.3 is 0 Å². The van der Waals surface area contributed by atoms with Crippen molar-refractivity contribution in [3.63, 3.8) is 0 Å². The van der Waals surface area contributed by atoms with Crippen molar-refractivity contribution in [2.75, 3.05) is 9.96 Å². The van der Waals surface area contributed by atoms with E-state index >= 15 is 0 Å². The number of nitrogens with one attached hydrogen (secondary N) is 2. The molecular weight excluding hydrogens is 288 g/mol. The van der Waals surface area contributed by atoms with Gasteiger partial charge in [-0.1, -0.05) is 56.0 Å². The highest BCUT2D eigenvalue weighted by Gasteiger charge is 2.28. The molecule has 2 aromatic rings. The van der Waals surface area contributed by atoms with Crippen molar-refractivity contribution in [3.8, 4) is 0 Å². The predicted molar refractivity (Wildman–Crippen MR) is 101 cm³/mol. The van der Waals surface area contributed by atoms with Crippen LogP contribution in [0, 0.1) is 0 Å². The normalized spacial score (nSPS) is 12.0. The van der Waals surface area contributed by atoms with Gasteiger partial charge < -0.3 is 9.96 Å². The first-order chi connectivity index (χ1) is 9.78. The second-order valence-electron chi connectivity index (χ2n) is 7.04. The minimum Gasteiger partial charge on any atom is -0.411 e. The van der Waals surface area contributed by atoms with Crippen LogP contribution in [0.2, 0.25) is 32.7 Å². The van der Waals surface area contributed by atoms with Crippen LogP contribution in [0.5, 0.6) is 0 Å². The molecule has 0 amide bonds. The van der Waals surface area contributed by atoms with E-state index < -0.39 is 16.5 Å². The molecule has 4 heteroatoms. The molecule has 0 saturated carbocycles. The summed E-state index contributed by atoms with van der Waals surface area (Å²) in [5.41, 5.74) is 2.51. The summed E-state index contributed by atoms with van der Waals surface area (Å²) in [6.07, 6.45) is 0. The molecular formula is C17H26N2Si2. The van der Waals surface area contributed by atoms with Crippen molar-refractivity contribution in [1.82, 2.24) is 0 Å². The first-order valence-corrected chi connectivity index (χ1v) is 14.0. The van der Waals surface area contributed by atoms with Crippen molar-refractivity contribution >= 4 is 33.0 Å². The van der Waals surface area contributed by atoms with E-state index in [0.717, 1.165) is 0 Å². The molecule has 0 spiro atoms. The molecule has 0 atom stereocenters. The van der Waals surface area contributed by atoms with Gasteiger partial charge in [0.2, 0.25) is 0 Å². The fraction of sp³-hybridized carbons (Fsp3) is 0.294. The molecule has 0 bridgehead atoms. The maximum absolute atomic E-state index is 3.78. The number of anilines is 2. The van der Waals surface area contributed by atoms with E-state index in [1.54, 1.807) is 0 Å². The molecule has 2 N–H and O–H groups in total. The van der Waals surface area contributed by atoms with Crippen molar-refractivity contribution < 1.29 is 0 Å². The predicted octanol–water partition coefficient (Wildman–Crippen LogP) is 4.46. The smallest absolute Gasteiger partial charge is 0.181 e. The topological polar surface area (TPSA) is 24.1 Å². The Hall–Kier alpha value is -1.53. The molecule has 2 nitrogen and oxygen atoms in total. The molecule has 0 fully saturated rings. The van der Waals surface area contributed by atoms with Gasteiger partial charge in [0.05, 0.1) is 0 Å². The number of hydrogen-bond donors (Lipinski definition) is 2. The summed E-state index contributed by atoms with van der Waals surface area (Å²) >= 11 is 0. The van der Waals surface area contributed by atoms with E-state index in [9.17, 15) is 0 Å². The van der Waals surface area contributed by atoms with E-state index in [-0.39, 0.29) is 0 Å². The molecule has 112 valence electrons. The number of benzene rings is 2. The summed E-state index contributed by atoms with van der Waals surface area (Å²) in [4.78, 5) is 7.55. The molecule has 0 heterocycles. The van der Waals surface area contributed by atoms with Crippen molar-refractivity contribution in [3.05, 3.63) is 54.6 Å². The highest BCUT2D eigenvalue weighted by atomic mass is 28.3.